The summed E-state index contributed by atoms with van der Waals surface area (Å²) >= 11 is 0. The van der Waals surface area contributed by atoms with Crippen LogP contribution < -0.4 is 5.73 Å². The Kier molecular flexibility index (Phi) is 8.33. The van der Waals surface area contributed by atoms with Crippen molar-refractivity contribution >= 4 is 5.97 Å². The van der Waals surface area contributed by atoms with Crippen molar-refractivity contribution in [2.75, 3.05) is 19.8 Å². The van der Waals surface area contributed by atoms with E-state index in [0.29, 0.717) is 32.1 Å². The minimum absolute atomic E-state index is 0.0524. The number of carboxylic acids is 1. The van der Waals surface area contributed by atoms with Crippen LogP contribution >= 0.6 is 0 Å². The third-order valence-corrected chi connectivity index (χ3v) is 2.49. The highest BCUT2D eigenvalue weighted by atomic mass is 16.5. The monoisotopic (exact) mass is 217 g/mol. The molecule has 4 nitrogen and oxygen atoms in total. The summed E-state index contributed by atoms with van der Waals surface area (Å²) < 4.78 is 5.48. The molecule has 2 atom stereocenters. The lowest BCUT2D eigenvalue weighted by molar-refractivity contribution is -0.138. The summed E-state index contributed by atoms with van der Waals surface area (Å²) in [5.74, 6) is -0.189. The van der Waals surface area contributed by atoms with Crippen molar-refractivity contribution in [2.24, 2.45) is 17.6 Å². The Hall–Kier alpha value is -0.610. The van der Waals surface area contributed by atoms with Crippen LogP contribution in [0.3, 0.4) is 0 Å². The molecular weight excluding hydrogens is 194 g/mol. The molecule has 0 aliphatic heterocycles. The van der Waals surface area contributed by atoms with Crippen LogP contribution in [-0.2, 0) is 9.53 Å². The van der Waals surface area contributed by atoms with Crippen molar-refractivity contribution in [3.8, 4) is 0 Å². The quantitative estimate of drug-likeness (QED) is 0.613. The van der Waals surface area contributed by atoms with Gasteiger partial charge in [0.1, 0.15) is 0 Å². The Morgan fingerprint density at radius 1 is 1.47 bits per heavy atom. The predicted molar refractivity (Wildman–Crippen MR) is 59.7 cm³/mol. The molecular formula is C11H23NO3. The van der Waals surface area contributed by atoms with Crippen molar-refractivity contribution in [2.45, 2.75) is 33.1 Å². The molecule has 4 heteroatoms. The van der Waals surface area contributed by atoms with E-state index in [2.05, 4.69) is 13.8 Å². The van der Waals surface area contributed by atoms with E-state index in [9.17, 15) is 4.79 Å². The Balaban J connectivity index is 3.70. The molecule has 0 rings (SSSR count). The molecule has 0 aromatic heterocycles. The fourth-order valence-electron chi connectivity index (χ4n) is 1.28. The molecule has 90 valence electrons. The van der Waals surface area contributed by atoms with Crippen molar-refractivity contribution in [1.82, 2.24) is 0 Å². The summed E-state index contributed by atoms with van der Waals surface area (Å²) in [4.78, 5) is 10.5. The smallest absolute Gasteiger partial charge is 0.303 e. The van der Waals surface area contributed by atoms with Crippen molar-refractivity contribution in [3.05, 3.63) is 0 Å². The normalized spacial score (nSPS) is 14.9. The average molecular weight is 217 g/mol. The van der Waals surface area contributed by atoms with Crippen LogP contribution in [0.15, 0.2) is 0 Å². The van der Waals surface area contributed by atoms with E-state index in [1.54, 1.807) is 0 Å². The number of carbonyl (C=O) groups is 1. The first-order valence-electron chi connectivity index (χ1n) is 5.59. The second-order valence-electron chi connectivity index (χ2n) is 4.09. The molecule has 0 amide bonds. The van der Waals surface area contributed by atoms with Gasteiger partial charge in [-0.2, -0.15) is 0 Å². The van der Waals surface area contributed by atoms with Crippen molar-refractivity contribution in [3.63, 3.8) is 0 Å². The molecule has 0 aromatic rings. The van der Waals surface area contributed by atoms with Crippen LogP contribution in [0.25, 0.3) is 0 Å². The zero-order valence-corrected chi connectivity index (χ0v) is 9.74. The highest BCUT2D eigenvalue weighted by molar-refractivity contribution is 5.67. The molecule has 0 aliphatic rings. The highest BCUT2D eigenvalue weighted by Crippen LogP contribution is 2.10. The number of aliphatic carboxylic acids is 1. The molecule has 0 unspecified atom stereocenters. The van der Waals surface area contributed by atoms with Gasteiger partial charge in [-0.3, -0.25) is 4.79 Å². The van der Waals surface area contributed by atoms with Gasteiger partial charge in [0, 0.05) is 6.61 Å². The number of rotatable bonds is 9. The van der Waals surface area contributed by atoms with Gasteiger partial charge < -0.3 is 15.6 Å². The van der Waals surface area contributed by atoms with Crippen molar-refractivity contribution in [1.29, 1.82) is 0 Å². The molecule has 0 saturated carbocycles. The van der Waals surface area contributed by atoms with Crippen LogP contribution in [-0.4, -0.2) is 30.8 Å². The number of carboxylic acid groups (broad SMARTS) is 1. The first-order chi connectivity index (χ1) is 7.10. The van der Waals surface area contributed by atoms with Gasteiger partial charge in [-0.25, -0.2) is 0 Å². The van der Waals surface area contributed by atoms with Gasteiger partial charge in [0.25, 0.3) is 0 Å². The summed E-state index contributed by atoms with van der Waals surface area (Å²) in [6, 6.07) is 0. The number of ether oxygens (including phenoxy) is 1. The summed E-state index contributed by atoms with van der Waals surface area (Å²) in [7, 11) is 0. The Bertz CT molecular complexity index is 173. The molecule has 0 spiro atoms. The number of nitrogens with two attached hydrogens (primary N) is 1. The van der Waals surface area contributed by atoms with E-state index in [1.165, 1.54) is 0 Å². The second kappa shape index (κ2) is 8.68. The van der Waals surface area contributed by atoms with Crippen LogP contribution in [0.5, 0.6) is 0 Å². The standard InChI is InChI=1S/C11H23NO3/c1-3-9(2)7-15-8-10(4-5-12)6-11(13)14/h9-10H,3-8,12H2,1-2H3,(H,13,14)/t9-,10-/m0/s1. The van der Waals surface area contributed by atoms with Gasteiger partial charge in [0.05, 0.1) is 13.0 Å². The van der Waals surface area contributed by atoms with Crippen LogP contribution in [0, 0.1) is 11.8 Å². The molecule has 0 radical (unpaired) electrons. The molecule has 0 aromatic carbocycles. The van der Waals surface area contributed by atoms with Gasteiger partial charge in [-0.05, 0) is 24.8 Å². The van der Waals surface area contributed by atoms with Gasteiger partial charge in [-0.15, -0.1) is 0 Å². The SMILES string of the molecule is CC[C@H](C)COC[C@@H](CCN)CC(=O)O. The fourth-order valence-corrected chi connectivity index (χ4v) is 1.28. The summed E-state index contributed by atoms with van der Waals surface area (Å²) in [5.41, 5.74) is 5.41. The van der Waals surface area contributed by atoms with E-state index < -0.39 is 5.97 Å². The topological polar surface area (TPSA) is 72.5 Å². The maximum atomic E-state index is 10.5. The molecule has 0 heterocycles. The van der Waals surface area contributed by atoms with Crippen LogP contribution in [0.4, 0.5) is 0 Å². The van der Waals surface area contributed by atoms with E-state index in [0.717, 1.165) is 6.42 Å². The number of hydrogen-bond donors (Lipinski definition) is 2. The summed E-state index contributed by atoms with van der Waals surface area (Å²) in [5, 5.41) is 8.67. The van der Waals surface area contributed by atoms with E-state index in [1.807, 2.05) is 0 Å². The lowest BCUT2D eigenvalue weighted by Gasteiger charge is -2.15. The maximum Gasteiger partial charge on any atom is 0.303 e. The number of hydrogen-bond acceptors (Lipinski definition) is 3. The van der Waals surface area contributed by atoms with Gasteiger partial charge in [0.2, 0.25) is 0 Å². The molecule has 3 N–H and O–H groups in total. The van der Waals surface area contributed by atoms with E-state index in [-0.39, 0.29) is 12.3 Å². The zero-order valence-electron chi connectivity index (χ0n) is 9.74. The first kappa shape index (κ1) is 14.4. The zero-order chi connectivity index (χ0) is 11.7. The minimum atomic E-state index is -0.777. The molecule has 0 aliphatic carbocycles. The minimum Gasteiger partial charge on any atom is -0.481 e. The summed E-state index contributed by atoms with van der Waals surface area (Å²) in [6.07, 6.45) is 1.95. The van der Waals surface area contributed by atoms with Gasteiger partial charge in [0.15, 0.2) is 0 Å². The Morgan fingerprint density at radius 2 is 2.13 bits per heavy atom. The first-order valence-corrected chi connectivity index (χ1v) is 5.59. The van der Waals surface area contributed by atoms with E-state index in [4.69, 9.17) is 15.6 Å². The van der Waals surface area contributed by atoms with Gasteiger partial charge in [-0.1, -0.05) is 20.3 Å². The van der Waals surface area contributed by atoms with Crippen molar-refractivity contribution < 1.29 is 14.6 Å². The molecule has 15 heavy (non-hydrogen) atoms. The Morgan fingerprint density at radius 3 is 2.60 bits per heavy atom. The molecule has 0 fully saturated rings. The lowest BCUT2D eigenvalue weighted by atomic mass is 10.0. The highest BCUT2D eigenvalue weighted by Gasteiger charge is 2.13. The van der Waals surface area contributed by atoms with E-state index >= 15 is 0 Å². The molecule has 0 saturated heterocycles. The van der Waals surface area contributed by atoms with Crippen LogP contribution in [0.1, 0.15) is 33.1 Å². The second-order valence-corrected chi connectivity index (χ2v) is 4.09. The van der Waals surface area contributed by atoms with Crippen LogP contribution in [0.2, 0.25) is 0 Å². The average Bonchev–Trinajstić information content (AvgIpc) is 2.16. The predicted octanol–water partition coefficient (Wildman–Crippen LogP) is 1.49. The maximum absolute atomic E-state index is 10.5. The summed E-state index contributed by atoms with van der Waals surface area (Å²) in [6.45, 7) is 5.97. The largest absolute Gasteiger partial charge is 0.481 e. The molecule has 0 bridgehead atoms. The van der Waals surface area contributed by atoms with Gasteiger partial charge >= 0.3 is 5.97 Å². The lowest BCUT2D eigenvalue weighted by Crippen LogP contribution is -2.19. The fraction of sp³-hybridized carbons (Fsp3) is 0.909. The third kappa shape index (κ3) is 8.39. The Labute approximate surface area is 91.8 Å². The third-order valence-electron chi connectivity index (χ3n) is 2.49.